The van der Waals surface area contributed by atoms with Gasteiger partial charge in [-0.3, -0.25) is 14.2 Å². The maximum absolute atomic E-state index is 13.0. The number of aryl methyl sites for hydroxylation is 3. The second kappa shape index (κ2) is 10.2. The third-order valence-corrected chi connectivity index (χ3v) is 5.85. The minimum atomic E-state index is -0.394. The first-order valence-corrected chi connectivity index (χ1v) is 11.0. The fourth-order valence-corrected chi connectivity index (χ4v) is 4.02. The highest BCUT2D eigenvalue weighted by Crippen LogP contribution is 2.23. The lowest BCUT2D eigenvalue weighted by Crippen LogP contribution is -2.14. The lowest BCUT2D eigenvalue weighted by Gasteiger charge is -2.10. The van der Waals surface area contributed by atoms with Crippen LogP contribution in [-0.2, 0) is 30.6 Å². The van der Waals surface area contributed by atoms with Gasteiger partial charge < -0.3 is 10.2 Å². The van der Waals surface area contributed by atoms with E-state index in [2.05, 4.69) is 30.1 Å². The number of benzene rings is 1. The van der Waals surface area contributed by atoms with Crippen LogP contribution in [0.1, 0.15) is 53.3 Å². The molecule has 2 N–H and O–H groups in total. The molecule has 1 aromatic carbocycles. The molecule has 0 saturated heterocycles. The van der Waals surface area contributed by atoms with Crippen molar-refractivity contribution in [2.24, 2.45) is 5.73 Å². The van der Waals surface area contributed by atoms with E-state index in [4.69, 9.17) is 10.2 Å². The molecule has 0 aliphatic heterocycles. The second-order valence-corrected chi connectivity index (χ2v) is 7.88. The Balaban J connectivity index is 1.79. The number of rotatable bonds is 11. The number of ketones is 1. The Hall–Kier alpha value is -2.87. The van der Waals surface area contributed by atoms with Crippen LogP contribution in [0.15, 0.2) is 46.2 Å². The highest BCUT2D eigenvalue weighted by Gasteiger charge is 2.18. The first-order valence-electron chi connectivity index (χ1n) is 10.0. The minimum Gasteiger partial charge on any atom is -0.467 e. The molecular formula is C22H26N4O3S. The SMILES string of the molecule is CCc1ccc(CC)c(C(=O)CSc2nnc(CCC(N)=O)n2Cc2ccco2)c1. The van der Waals surface area contributed by atoms with Gasteiger partial charge in [0.1, 0.15) is 11.6 Å². The van der Waals surface area contributed by atoms with Crippen molar-refractivity contribution in [3.05, 3.63) is 64.9 Å². The van der Waals surface area contributed by atoms with Gasteiger partial charge in [0.2, 0.25) is 5.91 Å². The minimum absolute atomic E-state index is 0.0679. The average molecular weight is 427 g/mol. The smallest absolute Gasteiger partial charge is 0.217 e. The molecule has 158 valence electrons. The monoisotopic (exact) mass is 426 g/mol. The zero-order valence-corrected chi connectivity index (χ0v) is 18.1. The second-order valence-electron chi connectivity index (χ2n) is 6.94. The number of carbonyl (C=O) groups is 2. The van der Waals surface area contributed by atoms with Crippen molar-refractivity contribution >= 4 is 23.5 Å². The number of amides is 1. The number of primary amides is 1. The van der Waals surface area contributed by atoms with Crippen molar-refractivity contribution in [2.45, 2.75) is 51.2 Å². The number of thioether (sulfide) groups is 1. The number of carbonyl (C=O) groups excluding carboxylic acids is 2. The Morgan fingerprint density at radius 3 is 2.67 bits per heavy atom. The molecule has 0 fully saturated rings. The van der Waals surface area contributed by atoms with Gasteiger partial charge in [0.05, 0.1) is 18.6 Å². The molecule has 1 amide bonds. The van der Waals surface area contributed by atoms with Gasteiger partial charge in [-0.1, -0.05) is 37.7 Å². The normalized spacial score (nSPS) is 11.0. The summed E-state index contributed by atoms with van der Waals surface area (Å²) < 4.78 is 7.33. The van der Waals surface area contributed by atoms with Crippen LogP contribution in [0.4, 0.5) is 0 Å². The summed E-state index contributed by atoms with van der Waals surface area (Å²) in [5.74, 6) is 1.31. The van der Waals surface area contributed by atoms with E-state index < -0.39 is 5.91 Å². The van der Waals surface area contributed by atoms with Crippen molar-refractivity contribution in [3.63, 3.8) is 0 Å². The van der Waals surface area contributed by atoms with Crippen molar-refractivity contribution < 1.29 is 14.0 Å². The highest BCUT2D eigenvalue weighted by molar-refractivity contribution is 7.99. The zero-order chi connectivity index (χ0) is 21.5. The molecule has 0 radical (unpaired) electrons. The van der Waals surface area contributed by atoms with E-state index in [-0.39, 0.29) is 18.0 Å². The summed E-state index contributed by atoms with van der Waals surface area (Å²) in [5.41, 5.74) is 8.26. The van der Waals surface area contributed by atoms with Gasteiger partial charge in [0, 0.05) is 18.4 Å². The first-order chi connectivity index (χ1) is 14.5. The number of hydrogen-bond acceptors (Lipinski definition) is 6. The largest absolute Gasteiger partial charge is 0.467 e. The van der Waals surface area contributed by atoms with E-state index >= 15 is 0 Å². The van der Waals surface area contributed by atoms with Crippen LogP contribution in [-0.4, -0.2) is 32.2 Å². The van der Waals surface area contributed by atoms with Gasteiger partial charge in [-0.15, -0.1) is 10.2 Å². The molecule has 0 unspecified atom stereocenters. The summed E-state index contributed by atoms with van der Waals surface area (Å²) in [6, 6.07) is 9.78. The van der Waals surface area contributed by atoms with Gasteiger partial charge in [0.15, 0.2) is 10.9 Å². The lowest BCUT2D eigenvalue weighted by molar-refractivity contribution is -0.118. The quantitative estimate of drug-likeness (QED) is 0.372. The Bertz CT molecular complexity index is 1010. The standard InChI is InChI=1S/C22H26N4O3S/c1-3-15-7-8-16(4-2)18(12-15)19(27)14-30-22-25-24-21(10-9-20(23)28)26(22)13-17-6-5-11-29-17/h5-8,11-12H,3-4,9-10,13-14H2,1-2H3,(H2,23,28). The van der Waals surface area contributed by atoms with Gasteiger partial charge in [0.25, 0.3) is 0 Å². The number of hydrogen-bond donors (Lipinski definition) is 1. The van der Waals surface area contributed by atoms with Crippen LogP contribution in [0.2, 0.25) is 0 Å². The van der Waals surface area contributed by atoms with Crippen LogP contribution in [0.5, 0.6) is 0 Å². The summed E-state index contributed by atoms with van der Waals surface area (Å²) in [6.45, 7) is 4.56. The third kappa shape index (κ3) is 5.38. The molecule has 0 saturated carbocycles. The number of furan rings is 1. The zero-order valence-electron chi connectivity index (χ0n) is 17.3. The van der Waals surface area contributed by atoms with E-state index in [9.17, 15) is 9.59 Å². The number of aromatic nitrogens is 3. The number of nitrogens with zero attached hydrogens (tertiary/aromatic N) is 3. The van der Waals surface area contributed by atoms with E-state index in [0.717, 1.165) is 35.3 Å². The molecule has 0 aliphatic carbocycles. The molecule has 3 aromatic rings. The highest BCUT2D eigenvalue weighted by atomic mass is 32.2. The molecule has 30 heavy (non-hydrogen) atoms. The maximum atomic E-state index is 13.0. The van der Waals surface area contributed by atoms with Gasteiger partial charge in [-0.2, -0.15) is 0 Å². The average Bonchev–Trinajstić information content (AvgIpc) is 3.40. The Morgan fingerprint density at radius 2 is 2.00 bits per heavy atom. The van der Waals surface area contributed by atoms with Crippen molar-refractivity contribution in [1.29, 1.82) is 0 Å². The van der Waals surface area contributed by atoms with E-state index in [1.54, 1.807) is 6.26 Å². The molecule has 7 nitrogen and oxygen atoms in total. The van der Waals surface area contributed by atoms with E-state index in [1.165, 1.54) is 11.8 Å². The molecule has 0 atom stereocenters. The molecule has 8 heteroatoms. The van der Waals surface area contributed by atoms with Crippen molar-refractivity contribution in [2.75, 3.05) is 5.75 Å². The summed E-state index contributed by atoms with van der Waals surface area (Å²) in [7, 11) is 0. The summed E-state index contributed by atoms with van der Waals surface area (Å²) in [5, 5.41) is 9.07. The molecule has 0 aliphatic rings. The summed E-state index contributed by atoms with van der Waals surface area (Å²) in [4.78, 5) is 24.1. The Labute approximate surface area is 180 Å². The molecular weight excluding hydrogens is 400 g/mol. The molecule has 3 rings (SSSR count). The van der Waals surface area contributed by atoms with Crippen LogP contribution < -0.4 is 5.73 Å². The lowest BCUT2D eigenvalue weighted by atomic mass is 9.98. The van der Waals surface area contributed by atoms with Crippen LogP contribution in [0.3, 0.4) is 0 Å². The molecule has 2 aromatic heterocycles. The summed E-state index contributed by atoms with van der Waals surface area (Å²) in [6.07, 6.45) is 3.87. The maximum Gasteiger partial charge on any atom is 0.217 e. The van der Waals surface area contributed by atoms with Gasteiger partial charge >= 0.3 is 0 Å². The molecule has 0 bridgehead atoms. The first kappa shape index (κ1) is 21.8. The summed E-state index contributed by atoms with van der Waals surface area (Å²) >= 11 is 1.34. The Kier molecular flexibility index (Phi) is 7.46. The fraction of sp³-hybridized carbons (Fsp3) is 0.364. The number of Topliss-reactive ketones (excluding diaryl/α,β-unsaturated/α-hetero) is 1. The predicted octanol–water partition coefficient (Wildman–Crippen LogP) is 3.44. The van der Waals surface area contributed by atoms with Crippen LogP contribution in [0.25, 0.3) is 0 Å². The molecule has 0 spiro atoms. The molecule has 2 heterocycles. The van der Waals surface area contributed by atoms with Crippen molar-refractivity contribution in [3.8, 4) is 0 Å². The van der Waals surface area contributed by atoms with E-state index in [1.807, 2.05) is 28.8 Å². The Morgan fingerprint density at radius 1 is 1.17 bits per heavy atom. The van der Waals surface area contributed by atoms with E-state index in [0.29, 0.717) is 23.9 Å². The van der Waals surface area contributed by atoms with Crippen LogP contribution >= 0.6 is 11.8 Å². The van der Waals surface area contributed by atoms with Crippen molar-refractivity contribution in [1.82, 2.24) is 14.8 Å². The van der Waals surface area contributed by atoms with Crippen LogP contribution in [0, 0.1) is 0 Å². The van der Waals surface area contributed by atoms with Gasteiger partial charge in [-0.25, -0.2) is 0 Å². The predicted molar refractivity (Wildman–Crippen MR) is 116 cm³/mol. The fourth-order valence-electron chi connectivity index (χ4n) is 3.18. The number of nitrogens with two attached hydrogens (primary N) is 1. The topological polar surface area (TPSA) is 104 Å². The van der Waals surface area contributed by atoms with Gasteiger partial charge in [-0.05, 0) is 42.2 Å². The third-order valence-electron chi connectivity index (χ3n) is 4.88.